The number of carbonyl (C=O) groups is 2. The lowest BCUT2D eigenvalue weighted by Gasteiger charge is -2.05. The van der Waals surface area contributed by atoms with Gasteiger partial charge in [-0.15, -0.1) is 0 Å². The Morgan fingerprint density at radius 3 is 2.35 bits per heavy atom. The Bertz CT molecular complexity index is 999. The Morgan fingerprint density at radius 2 is 1.69 bits per heavy atom. The molecule has 1 heterocycles. The van der Waals surface area contributed by atoms with E-state index in [4.69, 9.17) is 9.52 Å². The van der Waals surface area contributed by atoms with E-state index in [0.29, 0.717) is 28.3 Å². The molecular formula is C20H15NO5. The fraction of sp³-hybridized carbons (Fsp3) is 0.0500. The van der Waals surface area contributed by atoms with Gasteiger partial charge in [-0.25, -0.2) is 9.59 Å². The van der Waals surface area contributed by atoms with Gasteiger partial charge in [-0.2, -0.15) is 0 Å². The van der Waals surface area contributed by atoms with Gasteiger partial charge in [-0.3, -0.25) is 4.99 Å². The van der Waals surface area contributed by atoms with Gasteiger partial charge in [0.25, 0.3) is 0 Å². The molecule has 0 aliphatic carbocycles. The van der Waals surface area contributed by atoms with E-state index in [1.807, 2.05) is 0 Å². The summed E-state index contributed by atoms with van der Waals surface area (Å²) < 4.78 is 5.73. The standard InChI is InChI=1S/C20H15NO5/c1-12-16(3-2-4-17(12)20(24)25)18-10-9-15(26-18)11-21-14-7-5-13(6-8-14)19(22)23/h2-11H,1H3,(H,22,23)(H,24,25). The van der Waals surface area contributed by atoms with Crippen LogP contribution in [0.4, 0.5) is 5.69 Å². The Hall–Kier alpha value is -3.67. The van der Waals surface area contributed by atoms with Crippen LogP contribution in [0.2, 0.25) is 0 Å². The van der Waals surface area contributed by atoms with Gasteiger partial charge in [0, 0.05) is 5.56 Å². The molecule has 0 radical (unpaired) electrons. The van der Waals surface area contributed by atoms with E-state index in [1.54, 1.807) is 49.4 Å². The Balaban J connectivity index is 1.83. The van der Waals surface area contributed by atoms with E-state index >= 15 is 0 Å². The molecule has 0 fully saturated rings. The quantitative estimate of drug-likeness (QED) is 0.665. The summed E-state index contributed by atoms with van der Waals surface area (Å²) in [7, 11) is 0. The normalized spacial score (nSPS) is 11.0. The number of furan rings is 1. The van der Waals surface area contributed by atoms with E-state index in [0.717, 1.165) is 0 Å². The average Bonchev–Trinajstić information content (AvgIpc) is 3.09. The highest BCUT2D eigenvalue weighted by Crippen LogP contribution is 2.27. The van der Waals surface area contributed by atoms with Crippen molar-refractivity contribution in [3.8, 4) is 11.3 Å². The molecule has 0 spiro atoms. The summed E-state index contributed by atoms with van der Waals surface area (Å²) in [6, 6.07) is 14.7. The summed E-state index contributed by atoms with van der Waals surface area (Å²) >= 11 is 0. The van der Waals surface area contributed by atoms with Gasteiger partial charge in [-0.1, -0.05) is 12.1 Å². The van der Waals surface area contributed by atoms with E-state index in [9.17, 15) is 14.7 Å². The molecule has 3 aromatic rings. The minimum atomic E-state index is -0.991. The van der Waals surface area contributed by atoms with Crippen LogP contribution in [0.5, 0.6) is 0 Å². The first-order valence-corrected chi connectivity index (χ1v) is 7.76. The number of hydrogen-bond donors (Lipinski definition) is 2. The van der Waals surface area contributed by atoms with E-state index in [-0.39, 0.29) is 11.1 Å². The number of rotatable bonds is 5. The van der Waals surface area contributed by atoms with Gasteiger partial charge in [0.1, 0.15) is 11.5 Å². The van der Waals surface area contributed by atoms with Crippen LogP contribution in [-0.2, 0) is 0 Å². The molecule has 0 saturated heterocycles. The SMILES string of the molecule is Cc1c(C(=O)O)cccc1-c1ccc(C=Nc2ccc(C(=O)O)cc2)o1. The van der Waals surface area contributed by atoms with Crippen molar-refractivity contribution in [2.45, 2.75) is 6.92 Å². The second kappa shape index (κ2) is 7.06. The number of benzene rings is 2. The Morgan fingerprint density at radius 1 is 0.962 bits per heavy atom. The maximum absolute atomic E-state index is 11.2. The number of carboxylic acid groups (broad SMARTS) is 2. The molecule has 0 atom stereocenters. The third-order valence-electron chi connectivity index (χ3n) is 3.91. The zero-order chi connectivity index (χ0) is 18.7. The summed E-state index contributed by atoms with van der Waals surface area (Å²) in [5, 5.41) is 18.1. The number of hydrogen-bond acceptors (Lipinski definition) is 4. The molecule has 2 N–H and O–H groups in total. The van der Waals surface area contributed by atoms with Crippen molar-refractivity contribution in [3.05, 3.63) is 77.0 Å². The number of aliphatic imine (C=N–C) groups is 1. The third-order valence-corrected chi connectivity index (χ3v) is 3.91. The van der Waals surface area contributed by atoms with Crippen molar-refractivity contribution in [3.63, 3.8) is 0 Å². The smallest absolute Gasteiger partial charge is 0.335 e. The van der Waals surface area contributed by atoms with Crippen molar-refractivity contribution >= 4 is 23.8 Å². The lowest BCUT2D eigenvalue weighted by Crippen LogP contribution is -2.00. The van der Waals surface area contributed by atoms with Crippen LogP contribution in [0.15, 0.2) is 64.0 Å². The van der Waals surface area contributed by atoms with Gasteiger partial charge in [0.05, 0.1) is 23.0 Å². The molecule has 6 heteroatoms. The summed E-state index contributed by atoms with van der Waals surface area (Å²) in [5.74, 6) is -0.923. The first kappa shape index (κ1) is 17.2. The summed E-state index contributed by atoms with van der Waals surface area (Å²) in [6.45, 7) is 1.74. The summed E-state index contributed by atoms with van der Waals surface area (Å²) in [5.41, 5.74) is 2.35. The zero-order valence-electron chi connectivity index (χ0n) is 13.8. The number of nitrogens with zero attached hydrogens (tertiary/aromatic N) is 1. The van der Waals surface area contributed by atoms with Gasteiger partial charge in [0.2, 0.25) is 0 Å². The highest BCUT2D eigenvalue weighted by atomic mass is 16.4. The molecule has 1 aromatic heterocycles. The molecule has 0 bridgehead atoms. The van der Waals surface area contributed by atoms with Gasteiger partial charge in [0.15, 0.2) is 0 Å². The third kappa shape index (κ3) is 3.54. The second-order valence-corrected chi connectivity index (χ2v) is 5.60. The van der Waals surface area contributed by atoms with E-state index in [1.165, 1.54) is 18.3 Å². The first-order chi connectivity index (χ1) is 12.5. The molecule has 130 valence electrons. The highest BCUT2D eigenvalue weighted by Gasteiger charge is 2.13. The first-order valence-electron chi connectivity index (χ1n) is 7.76. The second-order valence-electron chi connectivity index (χ2n) is 5.60. The molecule has 0 amide bonds. The van der Waals surface area contributed by atoms with Crippen LogP contribution in [0, 0.1) is 6.92 Å². The molecule has 3 rings (SSSR count). The molecule has 2 aromatic carbocycles. The lowest BCUT2D eigenvalue weighted by molar-refractivity contribution is 0.0685. The Kier molecular flexibility index (Phi) is 4.66. The fourth-order valence-electron chi connectivity index (χ4n) is 2.53. The molecule has 0 unspecified atom stereocenters. The topological polar surface area (TPSA) is 100 Å². The largest absolute Gasteiger partial charge is 0.478 e. The van der Waals surface area contributed by atoms with E-state index in [2.05, 4.69) is 4.99 Å². The molecule has 26 heavy (non-hydrogen) atoms. The number of carboxylic acids is 2. The van der Waals surface area contributed by atoms with Crippen molar-refractivity contribution < 1.29 is 24.2 Å². The molecule has 0 saturated carbocycles. The maximum Gasteiger partial charge on any atom is 0.335 e. The van der Waals surface area contributed by atoms with Gasteiger partial charge >= 0.3 is 11.9 Å². The molecule has 0 aliphatic heterocycles. The van der Waals surface area contributed by atoms with Crippen LogP contribution in [0.3, 0.4) is 0 Å². The monoisotopic (exact) mass is 349 g/mol. The summed E-state index contributed by atoms with van der Waals surface area (Å²) in [4.78, 5) is 26.3. The van der Waals surface area contributed by atoms with Crippen molar-refractivity contribution in [1.82, 2.24) is 0 Å². The maximum atomic E-state index is 11.2. The zero-order valence-corrected chi connectivity index (χ0v) is 13.8. The van der Waals surface area contributed by atoms with Crippen LogP contribution in [0.25, 0.3) is 11.3 Å². The highest BCUT2D eigenvalue weighted by molar-refractivity contribution is 5.92. The van der Waals surface area contributed by atoms with Crippen molar-refractivity contribution in [2.75, 3.05) is 0 Å². The van der Waals surface area contributed by atoms with Crippen molar-refractivity contribution in [2.24, 2.45) is 4.99 Å². The van der Waals surface area contributed by atoms with Gasteiger partial charge in [-0.05, 0) is 55.0 Å². The number of aromatic carboxylic acids is 2. The summed E-state index contributed by atoms with van der Waals surface area (Å²) in [6.07, 6.45) is 1.52. The Labute approximate surface area is 149 Å². The molecule has 0 aliphatic rings. The minimum Gasteiger partial charge on any atom is -0.478 e. The predicted octanol–water partition coefficient (Wildman–Crippen LogP) is 4.40. The predicted molar refractivity (Wildman–Crippen MR) is 96.5 cm³/mol. The lowest BCUT2D eigenvalue weighted by atomic mass is 10.0. The van der Waals surface area contributed by atoms with Gasteiger partial charge < -0.3 is 14.6 Å². The molecular weight excluding hydrogens is 334 g/mol. The van der Waals surface area contributed by atoms with E-state index < -0.39 is 11.9 Å². The average molecular weight is 349 g/mol. The molecule has 6 nitrogen and oxygen atoms in total. The van der Waals surface area contributed by atoms with Crippen LogP contribution >= 0.6 is 0 Å². The van der Waals surface area contributed by atoms with Crippen LogP contribution in [-0.4, -0.2) is 28.4 Å². The van der Waals surface area contributed by atoms with Crippen LogP contribution in [0.1, 0.15) is 32.0 Å². The van der Waals surface area contributed by atoms with Crippen LogP contribution < -0.4 is 0 Å². The van der Waals surface area contributed by atoms with Crippen molar-refractivity contribution in [1.29, 1.82) is 0 Å². The minimum absolute atomic E-state index is 0.193. The fourth-order valence-corrected chi connectivity index (χ4v) is 2.53.